The molecule has 0 spiro atoms. The van der Waals surface area contributed by atoms with Crippen LogP contribution in [0.5, 0.6) is 11.6 Å². The van der Waals surface area contributed by atoms with Crippen LogP contribution in [-0.2, 0) is 6.18 Å². The van der Waals surface area contributed by atoms with E-state index in [0.717, 1.165) is 12.4 Å². The van der Waals surface area contributed by atoms with Crippen molar-refractivity contribution in [1.82, 2.24) is 9.97 Å². The molecule has 0 radical (unpaired) electrons. The molecule has 0 amide bonds. The van der Waals surface area contributed by atoms with Crippen molar-refractivity contribution in [2.24, 2.45) is 0 Å². The van der Waals surface area contributed by atoms with Crippen LogP contribution in [0.4, 0.5) is 13.2 Å². The van der Waals surface area contributed by atoms with Gasteiger partial charge in [-0.3, -0.25) is 0 Å². The maximum atomic E-state index is 12.7. The minimum Gasteiger partial charge on any atom is -0.438 e. The number of aromatic nitrogens is 2. The fraction of sp³-hybridized carbons (Fsp3) is 0.0909. The van der Waals surface area contributed by atoms with Crippen LogP contribution in [-0.4, -0.2) is 9.97 Å². The third-order valence-corrected chi connectivity index (χ3v) is 2.22. The van der Waals surface area contributed by atoms with E-state index in [2.05, 4.69) is 9.97 Å². The number of hydrogen-bond donors (Lipinski definition) is 0. The van der Waals surface area contributed by atoms with Crippen molar-refractivity contribution in [2.45, 2.75) is 6.18 Å². The zero-order chi connectivity index (χ0) is 13.2. The van der Waals surface area contributed by atoms with E-state index in [0.29, 0.717) is 0 Å². The summed E-state index contributed by atoms with van der Waals surface area (Å²) >= 11 is 5.59. The predicted molar refractivity (Wildman–Crippen MR) is 58.6 cm³/mol. The van der Waals surface area contributed by atoms with E-state index >= 15 is 0 Å². The van der Waals surface area contributed by atoms with E-state index in [1.165, 1.54) is 24.3 Å². The molecule has 94 valence electrons. The summed E-state index contributed by atoms with van der Waals surface area (Å²) in [4.78, 5) is 7.28. The normalized spacial score (nSPS) is 11.3. The average Bonchev–Trinajstić information content (AvgIpc) is 2.28. The lowest BCUT2D eigenvalue weighted by Gasteiger charge is -2.12. The summed E-state index contributed by atoms with van der Waals surface area (Å²) in [6, 6.07) is 6.09. The number of benzene rings is 1. The molecule has 1 heterocycles. The molecule has 0 aliphatic rings. The lowest BCUT2D eigenvalue weighted by molar-refractivity contribution is -0.138. The molecule has 0 atom stereocenters. The third kappa shape index (κ3) is 2.89. The van der Waals surface area contributed by atoms with Gasteiger partial charge in [0.25, 0.3) is 0 Å². The third-order valence-electron chi connectivity index (χ3n) is 2.02. The maximum absolute atomic E-state index is 12.7. The average molecular weight is 275 g/mol. The Morgan fingerprint density at radius 2 is 1.83 bits per heavy atom. The molecule has 0 unspecified atom stereocenters. The van der Waals surface area contributed by atoms with Gasteiger partial charge < -0.3 is 4.74 Å². The van der Waals surface area contributed by atoms with Gasteiger partial charge >= 0.3 is 6.18 Å². The van der Waals surface area contributed by atoms with Crippen LogP contribution >= 0.6 is 11.6 Å². The fourth-order valence-electron chi connectivity index (χ4n) is 1.28. The molecular formula is C11H6ClF3N2O. The SMILES string of the molecule is FC(F)(F)c1ccccc1Oc1cc(Cl)ncn1. The zero-order valence-electron chi connectivity index (χ0n) is 8.78. The van der Waals surface area contributed by atoms with Crippen LogP contribution in [0.2, 0.25) is 5.15 Å². The second-order valence-electron chi connectivity index (χ2n) is 3.27. The molecule has 18 heavy (non-hydrogen) atoms. The van der Waals surface area contributed by atoms with Gasteiger partial charge in [0.1, 0.15) is 17.2 Å². The first-order valence-corrected chi connectivity index (χ1v) is 5.16. The predicted octanol–water partition coefficient (Wildman–Crippen LogP) is 3.94. The summed E-state index contributed by atoms with van der Waals surface area (Å²) in [5.74, 6) is -0.383. The molecule has 0 aliphatic heterocycles. The molecule has 3 nitrogen and oxygen atoms in total. The first-order chi connectivity index (χ1) is 8.47. The summed E-state index contributed by atoms with van der Waals surface area (Å²) in [7, 11) is 0. The highest BCUT2D eigenvalue weighted by molar-refractivity contribution is 6.29. The van der Waals surface area contributed by atoms with Crippen LogP contribution in [0.25, 0.3) is 0 Å². The number of nitrogens with zero attached hydrogens (tertiary/aromatic N) is 2. The minimum atomic E-state index is -4.49. The topological polar surface area (TPSA) is 35.0 Å². The Balaban J connectivity index is 2.35. The van der Waals surface area contributed by atoms with Crippen molar-refractivity contribution in [3.05, 3.63) is 47.4 Å². The molecule has 0 N–H and O–H groups in total. The Morgan fingerprint density at radius 3 is 2.50 bits per heavy atom. The Morgan fingerprint density at radius 1 is 1.11 bits per heavy atom. The molecule has 0 saturated heterocycles. The van der Waals surface area contributed by atoms with Crippen LogP contribution < -0.4 is 4.74 Å². The second-order valence-corrected chi connectivity index (χ2v) is 3.66. The number of halogens is 4. The van der Waals surface area contributed by atoms with Crippen molar-refractivity contribution in [3.63, 3.8) is 0 Å². The Hall–Kier alpha value is -1.82. The number of ether oxygens (including phenoxy) is 1. The van der Waals surface area contributed by atoms with Gasteiger partial charge in [-0.15, -0.1) is 0 Å². The van der Waals surface area contributed by atoms with Crippen LogP contribution in [0.15, 0.2) is 36.7 Å². The van der Waals surface area contributed by atoms with Gasteiger partial charge in [-0.2, -0.15) is 13.2 Å². The van der Waals surface area contributed by atoms with Gasteiger partial charge in [-0.1, -0.05) is 23.7 Å². The number of rotatable bonds is 2. The zero-order valence-corrected chi connectivity index (χ0v) is 9.53. The summed E-state index contributed by atoms with van der Waals surface area (Å²) in [5.41, 5.74) is -0.875. The number of para-hydroxylation sites is 1. The van der Waals surface area contributed by atoms with E-state index in [-0.39, 0.29) is 16.8 Å². The lowest BCUT2D eigenvalue weighted by atomic mass is 10.2. The number of hydrogen-bond acceptors (Lipinski definition) is 3. The lowest BCUT2D eigenvalue weighted by Crippen LogP contribution is -2.07. The van der Waals surface area contributed by atoms with Gasteiger partial charge in [0, 0.05) is 6.07 Å². The van der Waals surface area contributed by atoms with Crippen molar-refractivity contribution >= 4 is 11.6 Å². The van der Waals surface area contributed by atoms with Crippen molar-refractivity contribution in [2.75, 3.05) is 0 Å². The highest BCUT2D eigenvalue weighted by Crippen LogP contribution is 2.37. The largest absolute Gasteiger partial charge is 0.438 e. The molecule has 2 rings (SSSR count). The number of alkyl halides is 3. The van der Waals surface area contributed by atoms with Crippen molar-refractivity contribution in [1.29, 1.82) is 0 Å². The molecular weight excluding hydrogens is 269 g/mol. The van der Waals surface area contributed by atoms with Crippen LogP contribution in [0.3, 0.4) is 0 Å². The summed E-state index contributed by atoms with van der Waals surface area (Å²) in [5, 5.41) is 0.0875. The molecule has 1 aromatic carbocycles. The quantitative estimate of drug-likeness (QED) is 0.778. The van der Waals surface area contributed by atoms with Crippen molar-refractivity contribution in [3.8, 4) is 11.6 Å². The fourth-order valence-corrected chi connectivity index (χ4v) is 1.41. The summed E-state index contributed by atoms with van der Waals surface area (Å²) in [6.07, 6.45) is -3.39. The van der Waals surface area contributed by atoms with Gasteiger partial charge in [0.05, 0.1) is 5.56 Å². The van der Waals surface area contributed by atoms with Gasteiger partial charge in [-0.05, 0) is 12.1 Å². The Bertz CT molecular complexity index is 560. The smallest absolute Gasteiger partial charge is 0.419 e. The van der Waals surface area contributed by atoms with E-state index in [9.17, 15) is 13.2 Å². The summed E-state index contributed by atoms with van der Waals surface area (Å²) in [6.45, 7) is 0. The highest BCUT2D eigenvalue weighted by atomic mass is 35.5. The molecule has 2 aromatic rings. The van der Waals surface area contributed by atoms with Crippen LogP contribution in [0, 0.1) is 0 Å². The Labute approximate surface area is 105 Å². The van der Waals surface area contributed by atoms with E-state index in [4.69, 9.17) is 16.3 Å². The second kappa shape index (κ2) is 4.81. The molecule has 0 bridgehead atoms. The molecule has 0 saturated carbocycles. The molecule has 0 aliphatic carbocycles. The van der Waals surface area contributed by atoms with Crippen molar-refractivity contribution < 1.29 is 17.9 Å². The standard InChI is InChI=1S/C11H6ClF3N2O/c12-9-5-10(17-6-16-9)18-8-4-2-1-3-7(8)11(13,14)15/h1-6H. The first-order valence-electron chi connectivity index (χ1n) is 4.78. The van der Waals surface area contributed by atoms with Gasteiger partial charge in [0.15, 0.2) is 0 Å². The molecule has 1 aromatic heterocycles. The Kier molecular flexibility index (Phi) is 3.38. The van der Waals surface area contributed by atoms with Crippen LogP contribution in [0.1, 0.15) is 5.56 Å². The summed E-state index contributed by atoms with van der Waals surface area (Å²) < 4.78 is 43.1. The van der Waals surface area contributed by atoms with Gasteiger partial charge in [0.2, 0.25) is 5.88 Å². The molecule has 7 heteroatoms. The first kappa shape index (κ1) is 12.6. The monoisotopic (exact) mass is 274 g/mol. The highest BCUT2D eigenvalue weighted by Gasteiger charge is 2.34. The van der Waals surface area contributed by atoms with Gasteiger partial charge in [-0.25, -0.2) is 9.97 Å². The minimum absolute atomic E-state index is 0.0494. The van der Waals surface area contributed by atoms with E-state index in [1.54, 1.807) is 0 Å². The molecule has 0 fully saturated rings. The van der Waals surface area contributed by atoms with E-state index < -0.39 is 11.7 Å². The van der Waals surface area contributed by atoms with E-state index in [1.807, 2.05) is 0 Å². The maximum Gasteiger partial charge on any atom is 0.419 e.